The van der Waals surface area contributed by atoms with Crippen LogP contribution in [0.4, 0.5) is 5.69 Å². The first-order valence-corrected chi connectivity index (χ1v) is 8.52. The fourth-order valence-corrected chi connectivity index (χ4v) is 4.47. The van der Waals surface area contributed by atoms with Gasteiger partial charge in [-0.15, -0.1) is 11.8 Å². The number of fused-ring (bicyclic) bond motifs is 1. The van der Waals surface area contributed by atoms with Gasteiger partial charge in [-0.2, -0.15) is 0 Å². The Morgan fingerprint density at radius 1 is 1.45 bits per heavy atom. The summed E-state index contributed by atoms with van der Waals surface area (Å²) in [4.78, 5) is 26.1. The van der Waals surface area contributed by atoms with Crippen molar-refractivity contribution < 1.29 is 14.3 Å². The van der Waals surface area contributed by atoms with E-state index in [-0.39, 0.29) is 22.7 Å². The van der Waals surface area contributed by atoms with Gasteiger partial charge < -0.3 is 15.0 Å². The quantitative estimate of drug-likeness (QED) is 0.926. The summed E-state index contributed by atoms with van der Waals surface area (Å²) in [7, 11) is 0. The lowest BCUT2D eigenvalue weighted by Gasteiger charge is -2.29. The van der Waals surface area contributed by atoms with Gasteiger partial charge in [-0.25, -0.2) is 0 Å². The molecule has 1 N–H and O–H groups in total. The van der Waals surface area contributed by atoms with Gasteiger partial charge >= 0.3 is 0 Å². The van der Waals surface area contributed by atoms with Gasteiger partial charge in [0.05, 0.1) is 11.5 Å². The maximum atomic E-state index is 12.5. The smallest absolute Gasteiger partial charge is 0.248 e. The highest BCUT2D eigenvalue weighted by Crippen LogP contribution is 2.47. The number of anilines is 1. The Kier molecular flexibility index (Phi) is 4.04. The minimum absolute atomic E-state index is 0.0827. The molecule has 6 heteroatoms. The Morgan fingerprint density at radius 2 is 2.18 bits per heavy atom. The molecule has 5 nitrogen and oxygen atoms in total. The molecule has 0 aliphatic carbocycles. The highest BCUT2D eigenvalue weighted by molar-refractivity contribution is 8.01. The average Bonchev–Trinajstić information content (AvgIpc) is 2.98. The van der Waals surface area contributed by atoms with Crippen LogP contribution in [0.2, 0.25) is 0 Å². The summed E-state index contributed by atoms with van der Waals surface area (Å²) in [5.74, 6) is 1.40. The molecule has 0 bridgehead atoms. The van der Waals surface area contributed by atoms with Crippen molar-refractivity contribution in [3.63, 3.8) is 0 Å². The first-order chi connectivity index (χ1) is 10.5. The number of rotatable bonds is 4. The highest BCUT2D eigenvalue weighted by atomic mass is 32.2. The molecule has 0 saturated carbocycles. The van der Waals surface area contributed by atoms with Crippen molar-refractivity contribution in [1.82, 2.24) is 4.90 Å². The van der Waals surface area contributed by atoms with Crippen LogP contribution in [0, 0.1) is 0 Å². The van der Waals surface area contributed by atoms with Crippen LogP contribution in [0.1, 0.15) is 26.7 Å². The second kappa shape index (κ2) is 5.83. The SMILES string of the molecule is CCOc1ccc(NC(=O)[C@@H]2CS[C@]3(C)CCC(=O)N23)cc1. The van der Waals surface area contributed by atoms with E-state index in [0.717, 1.165) is 17.9 Å². The normalized spacial score (nSPS) is 26.9. The molecule has 0 radical (unpaired) electrons. The van der Waals surface area contributed by atoms with Crippen LogP contribution in [0.25, 0.3) is 0 Å². The third-order valence-electron chi connectivity index (χ3n) is 4.18. The second-order valence-corrected chi connectivity index (χ2v) is 7.21. The van der Waals surface area contributed by atoms with Gasteiger partial charge in [0, 0.05) is 17.9 Å². The molecule has 22 heavy (non-hydrogen) atoms. The third kappa shape index (κ3) is 2.67. The number of hydrogen-bond donors (Lipinski definition) is 1. The lowest BCUT2D eigenvalue weighted by atomic mass is 10.2. The topological polar surface area (TPSA) is 58.6 Å². The van der Waals surface area contributed by atoms with Gasteiger partial charge in [-0.3, -0.25) is 9.59 Å². The van der Waals surface area contributed by atoms with Crippen molar-refractivity contribution in [3.05, 3.63) is 24.3 Å². The average molecular weight is 320 g/mol. The second-order valence-electron chi connectivity index (χ2n) is 5.71. The van der Waals surface area contributed by atoms with Crippen LogP contribution in [0.5, 0.6) is 5.75 Å². The fourth-order valence-electron chi connectivity index (χ4n) is 3.04. The number of carbonyl (C=O) groups excluding carboxylic acids is 2. The predicted octanol–water partition coefficient (Wildman–Crippen LogP) is 2.48. The minimum Gasteiger partial charge on any atom is -0.494 e. The van der Waals surface area contributed by atoms with Gasteiger partial charge in [-0.1, -0.05) is 0 Å². The largest absolute Gasteiger partial charge is 0.494 e. The number of amides is 2. The molecule has 2 fully saturated rings. The maximum Gasteiger partial charge on any atom is 0.248 e. The number of ether oxygens (including phenoxy) is 1. The molecule has 2 aliphatic heterocycles. The minimum atomic E-state index is -0.378. The number of thioether (sulfide) groups is 1. The Balaban J connectivity index is 1.68. The van der Waals surface area contributed by atoms with Crippen molar-refractivity contribution in [2.24, 2.45) is 0 Å². The molecule has 2 heterocycles. The lowest BCUT2D eigenvalue weighted by Crippen LogP contribution is -2.48. The molecule has 0 unspecified atom stereocenters. The predicted molar refractivity (Wildman–Crippen MR) is 87.0 cm³/mol. The van der Waals surface area contributed by atoms with Gasteiger partial charge in [0.2, 0.25) is 11.8 Å². The summed E-state index contributed by atoms with van der Waals surface area (Å²) < 4.78 is 5.38. The number of nitrogens with zero attached hydrogens (tertiary/aromatic N) is 1. The first-order valence-electron chi connectivity index (χ1n) is 7.53. The van der Waals surface area contributed by atoms with Crippen molar-refractivity contribution in [1.29, 1.82) is 0 Å². The molecule has 1 aromatic rings. The molecule has 3 rings (SSSR count). The molecular formula is C16H20N2O3S. The van der Waals surface area contributed by atoms with Gasteiger partial charge in [-0.05, 0) is 44.5 Å². The van der Waals surface area contributed by atoms with Gasteiger partial charge in [0.25, 0.3) is 0 Å². The summed E-state index contributed by atoms with van der Waals surface area (Å²) in [6.45, 7) is 4.59. The number of nitrogens with one attached hydrogen (secondary N) is 1. The van der Waals surface area contributed by atoms with Crippen molar-refractivity contribution >= 4 is 29.3 Å². The number of carbonyl (C=O) groups is 2. The lowest BCUT2D eigenvalue weighted by molar-refractivity contribution is -0.135. The molecule has 2 aliphatic rings. The van der Waals surface area contributed by atoms with E-state index < -0.39 is 0 Å². The molecule has 118 valence electrons. The zero-order valence-electron chi connectivity index (χ0n) is 12.8. The standard InChI is InChI=1S/C16H20N2O3S/c1-3-21-12-6-4-11(5-7-12)17-15(20)13-10-22-16(2)9-8-14(19)18(13)16/h4-7,13H,3,8-10H2,1-2H3,(H,17,20)/t13-,16+/m0/s1. The summed E-state index contributed by atoms with van der Waals surface area (Å²) in [6.07, 6.45) is 1.36. The summed E-state index contributed by atoms with van der Waals surface area (Å²) in [5.41, 5.74) is 0.721. The molecule has 2 atom stereocenters. The number of benzene rings is 1. The Bertz CT molecular complexity index is 590. The van der Waals surface area contributed by atoms with E-state index >= 15 is 0 Å². The van der Waals surface area contributed by atoms with E-state index in [0.29, 0.717) is 18.8 Å². The Labute approximate surface area is 134 Å². The van der Waals surface area contributed by atoms with Crippen molar-refractivity contribution in [3.8, 4) is 5.75 Å². The van der Waals surface area contributed by atoms with Crippen LogP contribution in [-0.4, -0.2) is 40.0 Å². The Morgan fingerprint density at radius 3 is 2.86 bits per heavy atom. The van der Waals surface area contributed by atoms with Crippen LogP contribution >= 0.6 is 11.8 Å². The Hall–Kier alpha value is -1.69. The van der Waals surface area contributed by atoms with Crippen LogP contribution < -0.4 is 10.1 Å². The van der Waals surface area contributed by atoms with E-state index in [1.54, 1.807) is 16.7 Å². The van der Waals surface area contributed by atoms with E-state index in [4.69, 9.17) is 4.74 Å². The molecule has 2 amide bonds. The molecular weight excluding hydrogens is 300 g/mol. The van der Waals surface area contributed by atoms with E-state index in [1.165, 1.54) is 0 Å². The van der Waals surface area contributed by atoms with Crippen LogP contribution in [0.3, 0.4) is 0 Å². The van der Waals surface area contributed by atoms with Crippen molar-refractivity contribution in [2.75, 3.05) is 17.7 Å². The van der Waals surface area contributed by atoms with Crippen LogP contribution in [-0.2, 0) is 9.59 Å². The molecule has 1 aromatic carbocycles. The summed E-state index contributed by atoms with van der Waals surface area (Å²) in [5, 5.41) is 2.90. The molecule has 0 aromatic heterocycles. The molecule has 2 saturated heterocycles. The zero-order chi connectivity index (χ0) is 15.7. The monoisotopic (exact) mass is 320 g/mol. The van der Waals surface area contributed by atoms with E-state index in [2.05, 4.69) is 5.32 Å². The van der Waals surface area contributed by atoms with E-state index in [9.17, 15) is 9.59 Å². The van der Waals surface area contributed by atoms with E-state index in [1.807, 2.05) is 38.1 Å². The molecule has 0 spiro atoms. The van der Waals surface area contributed by atoms with Gasteiger partial charge in [0.15, 0.2) is 0 Å². The van der Waals surface area contributed by atoms with Gasteiger partial charge in [0.1, 0.15) is 11.8 Å². The highest BCUT2D eigenvalue weighted by Gasteiger charge is 2.52. The fraction of sp³-hybridized carbons (Fsp3) is 0.500. The zero-order valence-corrected chi connectivity index (χ0v) is 13.6. The summed E-state index contributed by atoms with van der Waals surface area (Å²) in [6, 6.07) is 6.91. The third-order valence-corrected chi connectivity index (χ3v) is 5.69. The summed E-state index contributed by atoms with van der Waals surface area (Å²) >= 11 is 1.70. The number of hydrogen-bond acceptors (Lipinski definition) is 4. The maximum absolute atomic E-state index is 12.5. The first kappa shape index (κ1) is 15.2. The van der Waals surface area contributed by atoms with Crippen molar-refractivity contribution in [2.45, 2.75) is 37.6 Å². The van der Waals surface area contributed by atoms with Crippen LogP contribution in [0.15, 0.2) is 24.3 Å².